The van der Waals surface area contributed by atoms with Gasteiger partial charge in [0.05, 0.1) is 13.2 Å². The lowest BCUT2D eigenvalue weighted by molar-refractivity contribution is 0.103. The van der Waals surface area contributed by atoms with Crippen LogP contribution < -0.4 is 0 Å². The molecule has 0 aliphatic carbocycles. The molecule has 0 atom stereocenters. The van der Waals surface area contributed by atoms with Crippen molar-refractivity contribution >= 4 is 0 Å². The Labute approximate surface area is 87.4 Å². The summed E-state index contributed by atoms with van der Waals surface area (Å²) in [6.45, 7) is 7.03. The average molecular weight is 199 g/mol. The van der Waals surface area contributed by atoms with E-state index in [1.807, 2.05) is 0 Å². The van der Waals surface area contributed by atoms with Gasteiger partial charge in [0.15, 0.2) is 0 Å². The molecule has 14 heavy (non-hydrogen) atoms. The third kappa shape index (κ3) is 8.06. The van der Waals surface area contributed by atoms with Gasteiger partial charge in [0.1, 0.15) is 6.61 Å². The number of hydrogen-bond acceptors (Lipinski definition) is 3. The highest BCUT2D eigenvalue weighted by Crippen LogP contribution is 1.91. The number of hydrogen-bond donors (Lipinski definition) is 0. The third-order valence-corrected chi connectivity index (χ3v) is 1.89. The Kier molecular flexibility index (Phi) is 10.1. The maximum absolute atomic E-state index is 5.22. The van der Waals surface area contributed by atoms with E-state index in [-0.39, 0.29) is 0 Å². The minimum absolute atomic E-state index is 0.407. The zero-order valence-corrected chi connectivity index (χ0v) is 9.29. The smallest absolute Gasteiger partial charge is 0.107 e. The molecule has 0 N–H and O–H groups in total. The quantitative estimate of drug-likeness (QED) is 0.408. The molecule has 82 valence electrons. The van der Waals surface area contributed by atoms with Crippen LogP contribution in [0.3, 0.4) is 0 Å². The van der Waals surface area contributed by atoms with E-state index in [0.29, 0.717) is 13.2 Å². The maximum atomic E-state index is 5.22. The highest BCUT2D eigenvalue weighted by Gasteiger charge is 2.02. The molecule has 0 heterocycles. The van der Waals surface area contributed by atoms with E-state index in [9.17, 15) is 0 Å². The fraction of sp³-hybridized carbons (Fsp3) is 0.818. The lowest BCUT2D eigenvalue weighted by Crippen LogP contribution is -2.31. The van der Waals surface area contributed by atoms with Crippen molar-refractivity contribution in [3.63, 3.8) is 0 Å². The topological polar surface area (TPSA) is 21.7 Å². The molecule has 0 saturated carbocycles. The van der Waals surface area contributed by atoms with E-state index in [4.69, 9.17) is 15.9 Å². The lowest BCUT2D eigenvalue weighted by Gasteiger charge is -2.20. The first-order chi connectivity index (χ1) is 6.85. The molecular weight excluding hydrogens is 178 g/mol. The average Bonchev–Trinajstić information content (AvgIpc) is 2.20. The van der Waals surface area contributed by atoms with Gasteiger partial charge >= 0.3 is 0 Å². The Morgan fingerprint density at radius 2 is 1.93 bits per heavy atom. The van der Waals surface area contributed by atoms with Crippen LogP contribution in [0.5, 0.6) is 0 Å². The first-order valence-electron chi connectivity index (χ1n) is 5.07. The van der Waals surface area contributed by atoms with E-state index in [1.165, 1.54) is 0 Å². The van der Waals surface area contributed by atoms with Crippen molar-refractivity contribution in [1.82, 2.24) is 4.90 Å². The highest BCUT2D eigenvalue weighted by atomic mass is 16.5. The summed E-state index contributed by atoms with van der Waals surface area (Å²) in [5.41, 5.74) is 0. The van der Waals surface area contributed by atoms with Crippen LogP contribution in [-0.2, 0) is 9.47 Å². The van der Waals surface area contributed by atoms with Crippen LogP contribution in [0.25, 0.3) is 0 Å². The monoisotopic (exact) mass is 199 g/mol. The zero-order valence-electron chi connectivity index (χ0n) is 9.29. The molecule has 3 nitrogen and oxygen atoms in total. The summed E-state index contributed by atoms with van der Waals surface area (Å²) in [5, 5.41) is 0. The van der Waals surface area contributed by atoms with E-state index >= 15 is 0 Å². The predicted octanol–water partition coefficient (Wildman–Crippen LogP) is 0.995. The molecule has 0 spiro atoms. The van der Waals surface area contributed by atoms with Crippen molar-refractivity contribution < 1.29 is 9.47 Å². The summed E-state index contributed by atoms with van der Waals surface area (Å²) in [5.74, 6) is 2.45. The van der Waals surface area contributed by atoms with Gasteiger partial charge < -0.3 is 9.47 Å². The Hall–Kier alpha value is -0.560. The van der Waals surface area contributed by atoms with Crippen LogP contribution >= 0.6 is 0 Å². The van der Waals surface area contributed by atoms with Crippen molar-refractivity contribution in [1.29, 1.82) is 0 Å². The second-order valence-corrected chi connectivity index (χ2v) is 3.09. The molecule has 0 rings (SSSR count). The molecule has 0 aromatic rings. The van der Waals surface area contributed by atoms with Crippen molar-refractivity contribution in [3.05, 3.63) is 0 Å². The SMILES string of the molecule is C#CCOCCN(CCC)CCOC. The normalized spacial score (nSPS) is 10.4. The van der Waals surface area contributed by atoms with Crippen LogP contribution in [0.4, 0.5) is 0 Å². The van der Waals surface area contributed by atoms with Crippen LogP contribution in [0, 0.1) is 12.3 Å². The second kappa shape index (κ2) is 10.5. The summed E-state index contributed by atoms with van der Waals surface area (Å²) < 4.78 is 10.3. The first kappa shape index (κ1) is 13.4. The molecule has 0 unspecified atom stereocenters. The van der Waals surface area contributed by atoms with Gasteiger partial charge in [-0.3, -0.25) is 4.90 Å². The van der Waals surface area contributed by atoms with Crippen LogP contribution in [0.2, 0.25) is 0 Å². The van der Waals surface area contributed by atoms with Gasteiger partial charge in [-0.25, -0.2) is 0 Å². The molecule has 0 aromatic carbocycles. The van der Waals surface area contributed by atoms with Crippen LogP contribution in [0.15, 0.2) is 0 Å². The number of nitrogens with zero attached hydrogens (tertiary/aromatic N) is 1. The largest absolute Gasteiger partial charge is 0.383 e. The minimum Gasteiger partial charge on any atom is -0.383 e. The van der Waals surface area contributed by atoms with Crippen molar-refractivity contribution in [3.8, 4) is 12.3 Å². The number of rotatable bonds is 9. The molecule has 0 amide bonds. The minimum atomic E-state index is 0.407. The summed E-state index contributed by atoms with van der Waals surface area (Å²) in [6, 6.07) is 0. The third-order valence-electron chi connectivity index (χ3n) is 1.89. The zero-order chi connectivity index (χ0) is 10.6. The Morgan fingerprint density at radius 3 is 2.50 bits per heavy atom. The second-order valence-electron chi connectivity index (χ2n) is 3.09. The molecular formula is C11H21NO2. The molecule has 0 aliphatic heterocycles. The van der Waals surface area contributed by atoms with Gasteiger partial charge in [-0.2, -0.15) is 0 Å². The van der Waals surface area contributed by atoms with E-state index in [1.54, 1.807) is 7.11 Å². The Balaban J connectivity index is 3.46. The van der Waals surface area contributed by atoms with Crippen molar-refractivity contribution in [2.75, 3.05) is 46.6 Å². The van der Waals surface area contributed by atoms with E-state index in [2.05, 4.69) is 17.7 Å². The van der Waals surface area contributed by atoms with Gasteiger partial charge in [-0.15, -0.1) is 6.42 Å². The Bertz CT molecular complexity index is 154. The van der Waals surface area contributed by atoms with E-state index in [0.717, 1.165) is 32.7 Å². The highest BCUT2D eigenvalue weighted by molar-refractivity contribution is 4.82. The van der Waals surface area contributed by atoms with Crippen molar-refractivity contribution in [2.45, 2.75) is 13.3 Å². The molecule has 3 heteroatoms. The lowest BCUT2D eigenvalue weighted by atomic mass is 10.4. The summed E-state index contributed by atoms with van der Waals surface area (Å²) >= 11 is 0. The Morgan fingerprint density at radius 1 is 1.21 bits per heavy atom. The van der Waals surface area contributed by atoms with Crippen LogP contribution in [0.1, 0.15) is 13.3 Å². The molecule has 0 saturated heterocycles. The maximum Gasteiger partial charge on any atom is 0.107 e. The van der Waals surface area contributed by atoms with E-state index < -0.39 is 0 Å². The van der Waals surface area contributed by atoms with Gasteiger partial charge in [-0.05, 0) is 13.0 Å². The van der Waals surface area contributed by atoms with Gasteiger partial charge in [0.25, 0.3) is 0 Å². The van der Waals surface area contributed by atoms with Gasteiger partial charge in [-0.1, -0.05) is 12.8 Å². The molecule has 0 radical (unpaired) electrons. The summed E-state index contributed by atoms with van der Waals surface area (Å²) in [4.78, 5) is 2.32. The fourth-order valence-electron chi connectivity index (χ4n) is 1.20. The summed E-state index contributed by atoms with van der Waals surface area (Å²) in [6.07, 6.45) is 6.23. The van der Waals surface area contributed by atoms with Crippen molar-refractivity contribution in [2.24, 2.45) is 0 Å². The summed E-state index contributed by atoms with van der Waals surface area (Å²) in [7, 11) is 1.72. The van der Waals surface area contributed by atoms with Crippen LogP contribution in [-0.4, -0.2) is 51.5 Å². The number of terminal acetylenes is 1. The molecule has 0 fully saturated rings. The molecule has 0 bridgehead atoms. The number of ether oxygens (including phenoxy) is 2. The molecule has 0 aromatic heterocycles. The fourth-order valence-corrected chi connectivity index (χ4v) is 1.20. The first-order valence-corrected chi connectivity index (χ1v) is 5.07. The standard InChI is InChI=1S/C11H21NO2/c1-4-6-12(7-10-13-3)8-11-14-9-5-2/h2H,4,6-11H2,1,3H3. The predicted molar refractivity (Wildman–Crippen MR) is 58.3 cm³/mol. The van der Waals surface area contributed by atoms with Gasteiger partial charge in [0, 0.05) is 20.2 Å². The molecule has 0 aliphatic rings. The van der Waals surface area contributed by atoms with Gasteiger partial charge in [0.2, 0.25) is 0 Å². The number of methoxy groups -OCH3 is 1.